The Morgan fingerprint density at radius 3 is 2.65 bits per heavy atom. The number of carbonyl (C=O) groups is 1. The second-order valence-electron chi connectivity index (χ2n) is 8.88. The first-order valence-electron chi connectivity index (χ1n) is 10.5. The molecule has 2 aromatic heterocycles. The lowest BCUT2D eigenvalue weighted by Crippen LogP contribution is -2.53. The van der Waals surface area contributed by atoms with Crippen molar-refractivity contribution in [2.24, 2.45) is 0 Å². The van der Waals surface area contributed by atoms with Gasteiger partial charge in [0.25, 0.3) is 0 Å². The molecule has 0 saturated carbocycles. The van der Waals surface area contributed by atoms with Gasteiger partial charge in [0.1, 0.15) is 22.8 Å². The highest BCUT2D eigenvalue weighted by atomic mass is 32.1. The molecule has 1 aliphatic rings. The van der Waals surface area contributed by atoms with Crippen LogP contribution in [-0.4, -0.2) is 63.9 Å². The maximum Gasteiger partial charge on any atom is 0.237 e. The largest absolute Gasteiger partial charge is 0.353 e. The van der Waals surface area contributed by atoms with Crippen LogP contribution in [0.25, 0.3) is 10.2 Å². The molecule has 6 nitrogen and oxygen atoms in total. The van der Waals surface area contributed by atoms with Crippen LogP contribution in [0, 0.1) is 5.82 Å². The number of nitrogens with zero attached hydrogens (tertiary/aromatic N) is 5. The molecule has 0 N–H and O–H groups in total. The lowest BCUT2D eigenvalue weighted by Gasteiger charge is -2.39. The minimum Gasteiger partial charge on any atom is -0.353 e. The van der Waals surface area contributed by atoms with E-state index in [0.29, 0.717) is 13.1 Å². The van der Waals surface area contributed by atoms with Crippen LogP contribution in [0.5, 0.6) is 0 Å². The van der Waals surface area contributed by atoms with Crippen LogP contribution in [0.1, 0.15) is 26.3 Å². The van der Waals surface area contributed by atoms with Gasteiger partial charge in [-0.2, -0.15) is 0 Å². The predicted molar refractivity (Wildman–Crippen MR) is 123 cm³/mol. The molecule has 164 valence electrons. The van der Waals surface area contributed by atoms with Crippen molar-refractivity contribution in [1.82, 2.24) is 19.8 Å². The van der Waals surface area contributed by atoms with Gasteiger partial charge in [0.2, 0.25) is 5.91 Å². The van der Waals surface area contributed by atoms with Gasteiger partial charge in [-0.15, -0.1) is 11.3 Å². The molecule has 1 saturated heterocycles. The molecule has 0 aliphatic carbocycles. The third kappa shape index (κ3) is 5.02. The first kappa shape index (κ1) is 21.6. The molecule has 0 atom stereocenters. The lowest BCUT2D eigenvalue weighted by molar-refractivity contribution is -0.138. The molecule has 0 bridgehead atoms. The van der Waals surface area contributed by atoms with E-state index in [2.05, 4.69) is 25.8 Å². The zero-order valence-corrected chi connectivity index (χ0v) is 19.0. The standard InChI is InChI=1S/C23H28FN5OS/c1-23(2,3)29(14-17-5-4-6-18(24)13-17)20(30)15-27-8-10-28(11-9-27)21-19-7-12-31-22(19)26-16-25-21/h4-7,12-13,16H,8-11,14-15H2,1-3H3. The average molecular weight is 442 g/mol. The number of amides is 1. The molecule has 0 radical (unpaired) electrons. The van der Waals surface area contributed by atoms with Gasteiger partial charge in [0, 0.05) is 38.3 Å². The number of thiophene rings is 1. The number of rotatable bonds is 5. The monoisotopic (exact) mass is 441 g/mol. The van der Waals surface area contributed by atoms with Gasteiger partial charge in [0.05, 0.1) is 11.9 Å². The Labute approximate surface area is 186 Å². The highest BCUT2D eigenvalue weighted by molar-refractivity contribution is 7.16. The molecule has 8 heteroatoms. The summed E-state index contributed by atoms with van der Waals surface area (Å²) in [6.45, 7) is 10.0. The van der Waals surface area contributed by atoms with Gasteiger partial charge in [-0.25, -0.2) is 14.4 Å². The Kier molecular flexibility index (Phi) is 6.20. The molecule has 1 aliphatic heterocycles. The van der Waals surface area contributed by atoms with Crippen molar-refractivity contribution in [2.75, 3.05) is 37.6 Å². The van der Waals surface area contributed by atoms with E-state index in [0.717, 1.165) is 47.8 Å². The zero-order valence-electron chi connectivity index (χ0n) is 18.2. The van der Waals surface area contributed by atoms with Crippen LogP contribution in [-0.2, 0) is 11.3 Å². The molecule has 0 spiro atoms. The van der Waals surface area contributed by atoms with Crippen LogP contribution in [0.3, 0.4) is 0 Å². The Morgan fingerprint density at radius 1 is 1.16 bits per heavy atom. The number of hydrogen-bond acceptors (Lipinski definition) is 6. The van der Waals surface area contributed by atoms with Gasteiger partial charge >= 0.3 is 0 Å². The number of hydrogen-bond donors (Lipinski definition) is 0. The van der Waals surface area contributed by atoms with E-state index in [1.165, 1.54) is 12.1 Å². The molecule has 0 unspecified atom stereocenters. The van der Waals surface area contributed by atoms with Crippen molar-refractivity contribution in [2.45, 2.75) is 32.9 Å². The molecule has 4 rings (SSSR count). The normalized spacial score (nSPS) is 15.4. The van der Waals surface area contributed by atoms with Crippen LogP contribution in [0.2, 0.25) is 0 Å². The second-order valence-corrected chi connectivity index (χ2v) is 9.78. The molecular formula is C23H28FN5OS. The van der Waals surface area contributed by atoms with Crippen molar-refractivity contribution in [3.8, 4) is 0 Å². The summed E-state index contributed by atoms with van der Waals surface area (Å²) in [5.74, 6) is 0.756. The number of benzene rings is 1. The molecule has 1 aromatic carbocycles. The average Bonchev–Trinajstić information content (AvgIpc) is 3.21. The topological polar surface area (TPSA) is 52.6 Å². The van der Waals surface area contributed by atoms with Crippen molar-refractivity contribution in [3.63, 3.8) is 0 Å². The van der Waals surface area contributed by atoms with E-state index in [9.17, 15) is 9.18 Å². The molecular weight excluding hydrogens is 413 g/mol. The summed E-state index contributed by atoms with van der Waals surface area (Å²) < 4.78 is 13.6. The fourth-order valence-corrected chi connectivity index (χ4v) is 4.67. The van der Waals surface area contributed by atoms with Crippen LogP contribution >= 0.6 is 11.3 Å². The highest BCUT2D eigenvalue weighted by Crippen LogP contribution is 2.27. The summed E-state index contributed by atoms with van der Waals surface area (Å²) in [5, 5.41) is 3.13. The number of carbonyl (C=O) groups excluding carboxylic acids is 1. The smallest absolute Gasteiger partial charge is 0.237 e. The molecule has 3 heterocycles. The van der Waals surface area contributed by atoms with E-state index < -0.39 is 0 Å². The quantitative estimate of drug-likeness (QED) is 0.603. The fraction of sp³-hybridized carbons (Fsp3) is 0.435. The summed E-state index contributed by atoms with van der Waals surface area (Å²) in [4.78, 5) is 29.3. The van der Waals surface area contributed by atoms with Crippen molar-refractivity contribution in [3.05, 3.63) is 53.4 Å². The summed E-state index contributed by atoms with van der Waals surface area (Å²) in [6.07, 6.45) is 1.62. The SMILES string of the molecule is CC(C)(C)N(Cc1cccc(F)c1)C(=O)CN1CCN(c2ncnc3sccc23)CC1. The highest BCUT2D eigenvalue weighted by Gasteiger charge is 2.29. The van der Waals surface area contributed by atoms with Crippen LogP contribution < -0.4 is 4.90 Å². The Balaban J connectivity index is 1.39. The van der Waals surface area contributed by atoms with Crippen molar-refractivity contribution in [1.29, 1.82) is 0 Å². The van der Waals surface area contributed by atoms with Crippen LogP contribution in [0.15, 0.2) is 42.0 Å². The minimum atomic E-state index is -0.350. The lowest BCUT2D eigenvalue weighted by atomic mass is 10.0. The first-order chi connectivity index (χ1) is 14.8. The van der Waals surface area contributed by atoms with Crippen molar-refractivity contribution >= 4 is 33.3 Å². The summed E-state index contributed by atoms with van der Waals surface area (Å²) >= 11 is 1.62. The molecule has 31 heavy (non-hydrogen) atoms. The zero-order chi connectivity index (χ0) is 22.0. The predicted octanol–water partition coefficient (Wildman–Crippen LogP) is 3.78. The summed E-state index contributed by atoms with van der Waals surface area (Å²) in [5.41, 5.74) is 0.452. The number of piperazine rings is 1. The Bertz CT molecular complexity index is 1060. The first-order valence-corrected chi connectivity index (χ1v) is 11.4. The van der Waals surface area contributed by atoms with Gasteiger partial charge in [-0.05, 0) is 49.9 Å². The molecule has 1 amide bonds. The molecule has 1 fully saturated rings. The van der Waals surface area contributed by atoms with E-state index in [1.54, 1.807) is 23.7 Å². The van der Waals surface area contributed by atoms with E-state index in [1.807, 2.05) is 37.1 Å². The van der Waals surface area contributed by atoms with E-state index >= 15 is 0 Å². The number of fused-ring (bicyclic) bond motifs is 1. The van der Waals surface area contributed by atoms with Gasteiger partial charge in [0.15, 0.2) is 0 Å². The second kappa shape index (κ2) is 8.88. The number of halogens is 1. The van der Waals surface area contributed by atoms with Gasteiger partial charge in [-0.3, -0.25) is 9.69 Å². The van der Waals surface area contributed by atoms with Crippen LogP contribution in [0.4, 0.5) is 10.2 Å². The third-order valence-corrected chi connectivity index (χ3v) is 6.43. The minimum absolute atomic E-state index is 0.0625. The maximum atomic E-state index is 13.6. The van der Waals surface area contributed by atoms with E-state index in [4.69, 9.17) is 0 Å². The summed E-state index contributed by atoms with van der Waals surface area (Å²) in [6, 6.07) is 8.54. The maximum absolute atomic E-state index is 13.6. The van der Waals surface area contributed by atoms with Crippen molar-refractivity contribution < 1.29 is 9.18 Å². The Morgan fingerprint density at radius 2 is 1.94 bits per heavy atom. The van der Waals surface area contributed by atoms with Gasteiger partial charge in [-0.1, -0.05) is 12.1 Å². The number of aromatic nitrogens is 2. The Hall–Kier alpha value is -2.58. The van der Waals surface area contributed by atoms with Gasteiger partial charge < -0.3 is 9.80 Å². The third-order valence-electron chi connectivity index (χ3n) is 5.61. The van der Waals surface area contributed by atoms with E-state index in [-0.39, 0.29) is 17.3 Å². The number of anilines is 1. The summed E-state index contributed by atoms with van der Waals surface area (Å²) in [7, 11) is 0. The molecule has 3 aromatic rings. The fourth-order valence-electron chi connectivity index (χ4n) is 3.94.